The van der Waals surface area contributed by atoms with Crippen molar-refractivity contribution in [1.82, 2.24) is 0 Å². The van der Waals surface area contributed by atoms with Gasteiger partial charge in [-0.1, -0.05) is 11.6 Å². The molecule has 0 spiro atoms. The number of hydrogen-bond acceptors (Lipinski definition) is 2. The van der Waals surface area contributed by atoms with Gasteiger partial charge in [0, 0.05) is 5.02 Å². The molecule has 1 unspecified atom stereocenters. The molecule has 0 aliphatic rings. The second-order valence-electron chi connectivity index (χ2n) is 2.00. The minimum absolute atomic E-state index is 0.639. The Hall–Kier alpha value is -0.140. The molecule has 2 nitrogen and oxygen atoms in total. The van der Waals surface area contributed by atoms with Crippen LogP contribution in [0.4, 0.5) is 0 Å². The third-order valence-electron chi connectivity index (χ3n) is 1.27. The van der Waals surface area contributed by atoms with Crippen LogP contribution in [0.3, 0.4) is 0 Å². The zero-order chi connectivity index (χ0) is 8.27. The van der Waals surface area contributed by atoms with Gasteiger partial charge >= 0.3 is 0 Å². The smallest absolute Gasteiger partial charge is 0.119 e. The Labute approximate surface area is 71.7 Å². The Bertz CT molecular complexity index is 224. The van der Waals surface area contributed by atoms with E-state index in [1.807, 2.05) is 0 Å². The molecule has 1 aromatic carbocycles. The van der Waals surface area contributed by atoms with Gasteiger partial charge in [-0.15, -0.1) is 0 Å². The van der Waals surface area contributed by atoms with E-state index in [-0.39, 0.29) is 0 Å². The molecule has 4 heteroatoms. The maximum Gasteiger partial charge on any atom is 0.119 e. The number of benzene rings is 1. The fourth-order valence-electron chi connectivity index (χ4n) is 0.704. The molecule has 0 radical (unpaired) electrons. The third kappa shape index (κ3) is 2.42. The quantitative estimate of drug-likeness (QED) is 0.652. The van der Waals surface area contributed by atoms with Gasteiger partial charge in [-0.25, -0.2) is 4.52 Å². The third-order valence-corrected chi connectivity index (χ3v) is 2.69. The minimum atomic E-state index is -2.03. The van der Waals surface area contributed by atoms with E-state index in [0.29, 0.717) is 10.3 Å². The predicted octanol–water partition coefficient (Wildman–Crippen LogP) is 1.02. The Morgan fingerprint density at radius 3 is 2.36 bits per heavy atom. The highest BCUT2D eigenvalue weighted by Crippen LogP contribution is 2.23. The SMILES string of the molecule is CO[PH+]([O-])c1ccc(Cl)cc1. The van der Waals surface area contributed by atoms with Gasteiger partial charge in [0.1, 0.15) is 13.7 Å². The highest BCUT2D eigenvalue weighted by molar-refractivity contribution is 7.53. The van der Waals surface area contributed by atoms with Crippen LogP contribution in [0.15, 0.2) is 24.3 Å². The first-order valence-electron chi connectivity index (χ1n) is 3.08. The van der Waals surface area contributed by atoms with Crippen LogP contribution in [-0.2, 0) is 4.52 Å². The molecule has 0 heterocycles. The van der Waals surface area contributed by atoms with Gasteiger partial charge in [-0.05, 0) is 24.3 Å². The van der Waals surface area contributed by atoms with Crippen LogP contribution in [0.5, 0.6) is 0 Å². The minimum Gasteiger partial charge on any atom is -0.653 e. The van der Waals surface area contributed by atoms with Crippen molar-refractivity contribution in [2.45, 2.75) is 0 Å². The number of halogens is 1. The van der Waals surface area contributed by atoms with Crippen molar-refractivity contribution in [1.29, 1.82) is 0 Å². The summed E-state index contributed by atoms with van der Waals surface area (Å²) < 4.78 is 4.68. The standard InChI is InChI=1S/C7H8ClO2P/c1-10-11(9)7-4-2-6(8)3-5-7/h2-5,11H,1H3. The van der Waals surface area contributed by atoms with E-state index in [2.05, 4.69) is 4.52 Å². The highest BCUT2D eigenvalue weighted by atomic mass is 35.5. The van der Waals surface area contributed by atoms with Crippen molar-refractivity contribution in [3.8, 4) is 0 Å². The first kappa shape index (κ1) is 8.95. The lowest BCUT2D eigenvalue weighted by Crippen LogP contribution is -2.10. The summed E-state index contributed by atoms with van der Waals surface area (Å²) in [5.74, 6) is 0. The molecule has 0 amide bonds. The average Bonchev–Trinajstić information content (AvgIpc) is 2.05. The zero-order valence-electron chi connectivity index (χ0n) is 6.00. The van der Waals surface area contributed by atoms with Crippen LogP contribution in [-0.4, -0.2) is 7.11 Å². The summed E-state index contributed by atoms with van der Waals surface area (Å²) in [6, 6.07) is 6.79. The van der Waals surface area contributed by atoms with E-state index in [1.54, 1.807) is 24.3 Å². The van der Waals surface area contributed by atoms with Crippen LogP contribution in [0.2, 0.25) is 5.02 Å². The molecule has 0 aliphatic carbocycles. The first-order chi connectivity index (χ1) is 5.24. The van der Waals surface area contributed by atoms with Gasteiger partial charge in [0.2, 0.25) is 0 Å². The summed E-state index contributed by atoms with van der Waals surface area (Å²) in [4.78, 5) is 11.0. The van der Waals surface area contributed by atoms with Crippen LogP contribution in [0.1, 0.15) is 0 Å². The Kier molecular flexibility index (Phi) is 3.28. The molecule has 60 valence electrons. The average molecular weight is 191 g/mol. The van der Waals surface area contributed by atoms with Crippen molar-refractivity contribution in [3.63, 3.8) is 0 Å². The molecule has 0 fully saturated rings. The maximum absolute atomic E-state index is 11.0. The molecule has 0 aliphatic heterocycles. The van der Waals surface area contributed by atoms with Crippen molar-refractivity contribution < 1.29 is 9.42 Å². The largest absolute Gasteiger partial charge is 0.653 e. The van der Waals surface area contributed by atoms with Gasteiger partial charge in [0.25, 0.3) is 0 Å². The lowest BCUT2D eigenvalue weighted by atomic mass is 10.4. The maximum atomic E-state index is 11.0. The molecule has 0 N–H and O–H groups in total. The van der Waals surface area contributed by atoms with Crippen molar-refractivity contribution in [2.24, 2.45) is 0 Å². The molecule has 0 bridgehead atoms. The Morgan fingerprint density at radius 1 is 1.36 bits per heavy atom. The monoisotopic (exact) mass is 190 g/mol. The van der Waals surface area contributed by atoms with E-state index in [0.717, 1.165) is 0 Å². The van der Waals surface area contributed by atoms with Crippen molar-refractivity contribution in [3.05, 3.63) is 29.3 Å². The van der Waals surface area contributed by atoms with Gasteiger partial charge in [-0.2, -0.15) is 0 Å². The molecule has 0 saturated heterocycles. The van der Waals surface area contributed by atoms with E-state index in [1.165, 1.54) is 7.11 Å². The summed E-state index contributed by atoms with van der Waals surface area (Å²) in [6.45, 7) is 0. The van der Waals surface area contributed by atoms with Gasteiger partial charge in [-0.3, -0.25) is 0 Å². The molecule has 1 atom stereocenters. The molecule has 1 aromatic rings. The molecule has 0 saturated carbocycles. The fraction of sp³-hybridized carbons (Fsp3) is 0.143. The second kappa shape index (κ2) is 4.03. The summed E-state index contributed by atoms with van der Waals surface area (Å²) in [5.41, 5.74) is 0. The lowest BCUT2D eigenvalue weighted by Gasteiger charge is -2.08. The summed E-state index contributed by atoms with van der Waals surface area (Å²) in [7, 11) is -0.605. The van der Waals surface area contributed by atoms with Crippen LogP contribution >= 0.6 is 20.0 Å². The highest BCUT2D eigenvalue weighted by Gasteiger charge is 2.04. The first-order valence-corrected chi connectivity index (χ1v) is 4.77. The summed E-state index contributed by atoms with van der Waals surface area (Å²) in [5, 5.41) is 1.33. The second-order valence-corrected chi connectivity index (χ2v) is 4.00. The van der Waals surface area contributed by atoms with Crippen LogP contribution < -0.4 is 10.2 Å². The van der Waals surface area contributed by atoms with E-state index >= 15 is 0 Å². The topological polar surface area (TPSA) is 32.3 Å². The fourth-order valence-corrected chi connectivity index (χ4v) is 1.50. The Balaban J connectivity index is 2.81. The van der Waals surface area contributed by atoms with Gasteiger partial charge in [0.05, 0.1) is 7.11 Å². The normalized spacial score (nSPS) is 13.0. The van der Waals surface area contributed by atoms with Crippen molar-refractivity contribution in [2.75, 3.05) is 7.11 Å². The van der Waals surface area contributed by atoms with E-state index in [9.17, 15) is 4.89 Å². The van der Waals surface area contributed by atoms with Gasteiger partial charge < -0.3 is 4.89 Å². The zero-order valence-corrected chi connectivity index (χ0v) is 7.76. The van der Waals surface area contributed by atoms with Gasteiger partial charge in [0.15, 0.2) is 0 Å². The molecule has 0 aromatic heterocycles. The Morgan fingerprint density at radius 2 is 1.91 bits per heavy atom. The number of hydrogen-bond donors (Lipinski definition) is 0. The molecular weight excluding hydrogens is 183 g/mol. The molecule has 1 rings (SSSR count). The summed E-state index contributed by atoms with van der Waals surface area (Å²) in [6.07, 6.45) is 0. The predicted molar refractivity (Wildman–Crippen MR) is 46.4 cm³/mol. The van der Waals surface area contributed by atoms with Crippen molar-refractivity contribution >= 4 is 25.3 Å². The van der Waals surface area contributed by atoms with E-state index < -0.39 is 8.38 Å². The molecule has 11 heavy (non-hydrogen) atoms. The lowest BCUT2D eigenvalue weighted by molar-refractivity contribution is -0.174. The molecular formula is C7H8ClO2P. The summed E-state index contributed by atoms with van der Waals surface area (Å²) >= 11 is 5.63. The van der Waals surface area contributed by atoms with Crippen LogP contribution in [0, 0.1) is 0 Å². The number of rotatable bonds is 2. The van der Waals surface area contributed by atoms with Crippen LogP contribution in [0.25, 0.3) is 0 Å². The van der Waals surface area contributed by atoms with E-state index in [4.69, 9.17) is 11.6 Å².